The van der Waals surface area contributed by atoms with Gasteiger partial charge in [0, 0.05) is 31.4 Å². The van der Waals surface area contributed by atoms with Crippen molar-refractivity contribution in [3.63, 3.8) is 0 Å². The van der Waals surface area contributed by atoms with Crippen molar-refractivity contribution >= 4 is 5.69 Å². The minimum absolute atomic E-state index is 0.164. The van der Waals surface area contributed by atoms with Crippen LogP contribution in [0.4, 0.5) is 10.1 Å². The molecule has 1 aromatic rings. The van der Waals surface area contributed by atoms with Gasteiger partial charge in [-0.3, -0.25) is 0 Å². The second kappa shape index (κ2) is 5.50. The molecular weight excluding hydrogens is 215 g/mol. The summed E-state index contributed by atoms with van der Waals surface area (Å²) in [4.78, 5) is 2.34. The number of nitrogens with one attached hydrogen (secondary N) is 1. The number of nitrogens with zero attached hydrogens (tertiary/aromatic N) is 1. The third-order valence-electron chi connectivity index (χ3n) is 3.20. The Morgan fingerprint density at radius 1 is 1.35 bits per heavy atom. The van der Waals surface area contributed by atoms with Crippen LogP contribution in [0.25, 0.3) is 0 Å². The summed E-state index contributed by atoms with van der Waals surface area (Å²) in [5.41, 5.74) is 1.13. The van der Waals surface area contributed by atoms with E-state index in [1.165, 1.54) is 18.6 Å². The molecule has 0 saturated carbocycles. The van der Waals surface area contributed by atoms with Crippen molar-refractivity contribution in [2.75, 3.05) is 24.5 Å². The Morgan fingerprint density at radius 2 is 2.06 bits per heavy atom. The van der Waals surface area contributed by atoms with Crippen molar-refractivity contribution < 1.29 is 4.39 Å². The van der Waals surface area contributed by atoms with E-state index in [2.05, 4.69) is 24.1 Å². The molecule has 0 radical (unpaired) electrons. The van der Waals surface area contributed by atoms with Crippen LogP contribution >= 0.6 is 0 Å². The van der Waals surface area contributed by atoms with Crippen LogP contribution in [0.15, 0.2) is 24.3 Å². The molecule has 17 heavy (non-hydrogen) atoms. The summed E-state index contributed by atoms with van der Waals surface area (Å²) in [7, 11) is 0. The molecule has 0 aliphatic carbocycles. The molecule has 2 nitrogen and oxygen atoms in total. The Kier molecular flexibility index (Phi) is 4.00. The maximum Gasteiger partial charge on any atom is 0.123 e. The third kappa shape index (κ3) is 3.43. The van der Waals surface area contributed by atoms with Gasteiger partial charge in [-0.15, -0.1) is 0 Å². The molecule has 1 aromatic carbocycles. The molecule has 1 saturated heterocycles. The van der Waals surface area contributed by atoms with Crippen molar-refractivity contribution in [1.82, 2.24) is 5.32 Å². The van der Waals surface area contributed by atoms with Crippen LogP contribution in [-0.4, -0.2) is 25.7 Å². The highest BCUT2D eigenvalue weighted by Crippen LogP contribution is 2.18. The summed E-state index contributed by atoms with van der Waals surface area (Å²) in [5.74, 6) is 0.545. The van der Waals surface area contributed by atoms with Crippen molar-refractivity contribution in [3.8, 4) is 0 Å². The number of benzene rings is 1. The largest absolute Gasteiger partial charge is 0.369 e. The van der Waals surface area contributed by atoms with E-state index in [4.69, 9.17) is 0 Å². The van der Waals surface area contributed by atoms with Crippen molar-refractivity contribution in [2.24, 2.45) is 5.92 Å². The molecule has 0 spiro atoms. The smallest absolute Gasteiger partial charge is 0.123 e. The van der Waals surface area contributed by atoms with Crippen LogP contribution in [0, 0.1) is 11.7 Å². The first kappa shape index (κ1) is 12.4. The van der Waals surface area contributed by atoms with Gasteiger partial charge in [-0.2, -0.15) is 0 Å². The zero-order chi connectivity index (χ0) is 12.3. The minimum Gasteiger partial charge on any atom is -0.369 e. The van der Waals surface area contributed by atoms with Crippen molar-refractivity contribution in [1.29, 1.82) is 0 Å². The zero-order valence-corrected chi connectivity index (χ0v) is 10.6. The van der Waals surface area contributed by atoms with Crippen LogP contribution < -0.4 is 10.2 Å². The molecule has 1 aliphatic heterocycles. The van der Waals surface area contributed by atoms with E-state index in [1.54, 1.807) is 0 Å². The van der Waals surface area contributed by atoms with Gasteiger partial charge in [0.25, 0.3) is 0 Å². The lowest BCUT2D eigenvalue weighted by Crippen LogP contribution is -2.51. The molecule has 1 unspecified atom stereocenters. The number of hydrogen-bond acceptors (Lipinski definition) is 2. The monoisotopic (exact) mass is 236 g/mol. The highest BCUT2D eigenvalue weighted by atomic mass is 19.1. The third-order valence-corrected chi connectivity index (χ3v) is 3.20. The summed E-state index contributed by atoms with van der Waals surface area (Å²) in [6.07, 6.45) is 1.19. The molecule has 1 fully saturated rings. The maximum atomic E-state index is 12.9. The van der Waals surface area contributed by atoms with E-state index < -0.39 is 0 Å². The van der Waals surface area contributed by atoms with E-state index in [0.717, 1.165) is 25.3 Å². The second-order valence-electron chi connectivity index (χ2n) is 5.20. The average Bonchev–Trinajstić information content (AvgIpc) is 2.29. The average molecular weight is 236 g/mol. The lowest BCUT2D eigenvalue weighted by Gasteiger charge is -2.36. The molecule has 0 amide bonds. The Bertz CT molecular complexity index is 348. The first-order valence-corrected chi connectivity index (χ1v) is 6.39. The van der Waals surface area contributed by atoms with E-state index in [0.29, 0.717) is 12.0 Å². The molecule has 0 aromatic heterocycles. The van der Waals surface area contributed by atoms with E-state index >= 15 is 0 Å². The van der Waals surface area contributed by atoms with Crippen LogP contribution in [0.3, 0.4) is 0 Å². The van der Waals surface area contributed by atoms with Crippen molar-refractivity contribution in [3.05, 3.63) is 30.1 Å². The molecule has 1 N–H and O–H groups in total. The van der Waals surface area contributed by atoms with Gasteiger partial charge in [0.05, 0.1) is 0 Å². The van der Waals surface area contributed by atoms with Crippen LogP contribution in [-0.2, 0) is 0 Å². The standard InChI is InChI=1S/C14H21FN2/c1-11(2)9-13-10-17(8-7-16-13)14-5-3-12(15)4-6-14/h3-6,11,13,16H,7-10H2,1-2H3. The predicted octanol–water partition coefficient (Wildman–Crippen LogP) is 2.65. The van der Waals surface area contributed by atoms with Crippen molar-refractivity contribution in [2.45, 2.75) is 26.3 Å². The first-order valence-electron chi connectivity index (χ1n) is 6.39. The lowest BCUT2D eigenvalue weighted by molar-refractivity contribution is 0.388. The van der Waals surface area contributed by atoms with Gasteiger partial charge in [-0.25, -0.2) is 4.39 Å². The summed E-state index contributed by atoms with van der Waals surface area (Å²) in [5, 5.41) is 3.55. The lowest BCUT2D eigenvalue weighted by atomic mass is 10.0. The van der Waals surface area contributed by atoms with Gasteiger partial charge in [0.1, 0.15) is 5.82 Å². The fraction of sp³-hybridized carbons (Fsp3) is 0.571. The highest BCUT2D eigenvalue weighted by Gasteiger charge is 2.20. The summed E-state index contributed by atoms with van der Waals surface area (Å²) < 4.78 is 12.9. The van der Waals surface area contributed by atoms with Gasteiger partial charge < -0.3 is 10.2 Å². The summed E-state index contributed by atoms with van der Waals surface area (Å²) in [6.45, 7) is 7.52. The number of piperazine rings is 1. The number of halogens is 1. The highest BCUT2D eigenvalue weighted by molar-refractivity contribution is 5.46. The topological polar surface area (TPSA) is 15.3 Å². The number of rotatable bonds is 3. The molecule has 0 bridgehead atoms. The molecular formula is C14H21FN2. The van der Waals surface area contributed by atoms with Crippen LogP contribution in [0.2, 0.25) is 0 Å². The SMILES string of the molecule is CC(C)CC1CN(c2ccc(F)cc2)CCN1. The van der Waals surface area contributed by atoms with Gasteiger partial charge >= 0.3 is 0 Å². The summed E-state index contributed by atoms with van der Waals surface area (Å²) in [6, 6.07) is 7.36. The van der Waals surface area contributed by atoms with Gasteiger partial charge in [-0.1, -0.05) is 13.8 Å². The molecule has 94 valence electrons. The Labute approximate surface area is 103 Å². The molecule has 3 heteroatoms. The quantitative estimate of drug-likeness (QED) is 0.868. The first-order chi connectivity index (χ1) is 8.15. The van der Waals surface area contributed by atoms with Crippen LogP contribution in [0.5, 0.6) is 0 Å². The maximum absolute atomic E-state index is 12.9. The number of hydrogen-bond donors (Lipinski definition) is 1. The summed E-state index contributed by atoms with van der Waals surface area (Å²) >= 11 is 0. The van der Waals surface area contributed by atoms with E-state index in [-0.39, 0.29) is 5.82 Å². The fourth-order valence-electron chi connectivity index (χ4n) is 2.44. The molecule has 1 atom stereocenters. The Balaban J connectivity index is 1.99. The molecule has 1 heterocycles. The van der Waals surface area contributed by atoms with Gasteiger partial charge in [-0.05, 0) is 36.6 Å². The minimum atomic E-state index is -0.164. The van der Waals surface area contributed by atoms with E-state index in [9.17, 15) is 4.39 Å². The van der Waals surface area contributed by atoms with E-state index in [1.807, 2.05) is 12.1 Å². The fourth-order valence-corrected chi connectivity index (χ4v) is 2.44. The molecule has 1 aliphatic rings. The predicted molar refractivity (Wildman–Crippen MR) is 69.9 cm³/mol. The van der Waals surface area contributed by atoms with Crippen LogP contribution in [0.1, 0.15) is 20.3 Å². The number of anilines is 1. The normalized spacial score (nSPS) is 20.9. The Hall–Kier alpha value is -1.09. The molecule has 2 rings (SSSR count). The second-order valence-corrected chi connectivity index (χ2v) is 5.20. The Morgan fingerprint density at radius 3 is 2.71 bits per heavy atom. The van der Waals surface area contributed by atoms with Gasteiger partial charge in [0.15, 0.2) is 0 Å². The zero-order valence-electron chi connectivity index (χ0n) is 10.6. The van der Waals surface area contributed by atoms with Gasteiger partial charge in [0.2, 0.25) is 0 Å².